The molecule has 34 heavy (non-hydrogen) atoms. The number of nitrogens with zero attached hydrogens (tertiary/aromatic N) is 2. The second-order valence-electron chi connectivity index (χ2n) is 8.02. The molecule has 6 nitrogen and oxygen atoms in total. The van der Waals surface area contributed by atoms with Crippen molar-refractivity contribution in [3.63, 3.8) is 0 Å². The second-order valence-corrected chi connectivity index (χ2v) is 8.02. The number of ether oxygens (including phenoxy) is 1. The molecule has 3 rings (SSSR count). The zero-order chi connectivity index (χ0) is 24.7. The summed E-state index contributed by atoms with van der Waals surface area (Å²) in [6, 6.07) is 12.3. The summed E-state index contributed by atoms with van der Waals surface area (Å²) in [5.41, 5.74) is 1.74. The predicted octanol–water partition coefficient (Wildman–Crippen LogP) is 5.14. The van der Waals surface area contributed by atoms with E-state index in [4.69, 9.17) is 10.1 Å². The topological polar surface area (TPSA) is 85.0 Å². The van der Waals surface area contributed by atoms with Crippen LogP contribution in [0.3, 0.4) is 0 Å². The van der Waals surface area contributed by atoms with E-state index in [-0.39, 0.29) is 23.3 Å². The highest BCUT2D eigenvalue weighted by atomic mass is 19.1. The minimum Gasteiger partial charge on any atom is -0.422 e. The molecule has 0 saturated carbocycles. The van der Waals surface area contributed by atoms with Crippen molar-refractivity contribution in [3.05, 3.63) is 95.3 Å². The van der Waals surface area contributed by atoms with E-state index in [1.165, 1.54) is 30.3 Å². The molecule has 0 spiro atoms. The molecule has 0 fully saturated rings. The molecule has 1 N–H and O–H groups in total. The largest absolute Gasteiger partial charge is 0.422 e. The van der Waals surface area contributed by atoms with Gasteiger partial charge in [0, 0.05) is 30.9 Å². The first kappa shape index (κ1) is 24.7. The summed E-state index contributed by atoms with van der Waals surface area (Å²) in [5.74, 6) is -2.54. The maximum absolute atomic E-state index is 13.5. The quantitative estimate of drug-likeness (QED) is 0.194. The lowest BCUT2D eigenvalue weighted by molar-refractivity contribution is -0.144. The van der Waals surface area contributed by atoms with Crippen molar-refractivity contribution in [2.45, 2.75) is 32.7 Å². The molecule has 8 heteroatoms. The summed E-state index contributed by atoms with van der Waals surface area (Å²) in [6.45, 7) is 3.73. The van der Waals surface area contributed by atoms with Crippen LogP contribution in [-0.4, -0.2) is 27.5 Å². The molecule has 1 heterocycles. The third-order valence-electron chi connectivity index (χ3n) is 5.27. The van der Waals surface area contributed by atoms with Crippen LogP contribution in [0, 0.1) is 23.0 Å². The molecule has 3 aromatic rings. The Hall–Kier alpha value is -3.94. The zero-order valence-electron chi connectivity index (χ0n) is 18.9. The summed E-state index contributed by atoms with van der Waals surface area (Å²) in [6.07, 6.45) is 5.74. The van der Waals surface area contributed by atoms with E-state index in [1.807, 2.05) is 0 Å². The van der Waals surface area contributed by atoms with E-state index in [9.17, 15) is 18.4 Å². The Morgan fingerprint density at radius 3 is 2.09 bits per heavy atom. The van der Waals surface area contributed by atoms with Gasteiger partial charge in [0.1, 0.15) is 17.5 Å². The molecule has 1 aromatic heterocycles. The fourth-order valence-corrected chi connectivity index (χ4v) is 3.40. The molecule has 2 aromatic carbocycles. The van der Waals surface area contributed by atoms with E-state index in [1.54, 1.807) is 55.1 Å². The molecule has 0 saturated heterocycles. The van der Waals surface area contributed by atoms with E-state index in [0.29, 0.717) is 25.0 Å². The number of imidazole rings is 1. The number of ketones is 1. The highest BCUT2D eigenvalue weighted by Crippen LogP contribution is 2.29. The van der Waals surface area contributed by atoms with Gasteiger partial charge in [-0.15, -0.1) is 0 Å². The van der Waals surface area contributed by atoms with Crippen LogP contribution in [0.1, 0.15) is 43.1 Å². The number of esters is 1. The van der Waals surface area contributed by atoms with Gasteiger partial charge in [-0.25, -0.2) is 13.8 Å². The number of aromatic nitrogens is 2. The lowest BCUT2D eigenvalue weighted by atomic mass is 9.88. The first-order valence-corrected chi connectivity index (χ1v) is 10.8. The number of halogens is 2. The molecule has 0 aliphatic rings. The third-order valence-corrected chi connectivity index (χ3v) is 5.27. The number of hydrogen-bond acceptors (Lipinski definition) is 5. The summed E-state index contributed by atoms with van der Waals surface area (Å²) in [5, 5.41) is 7.24. The van der Waals surface area contributed by atoms with Gasteiger partial charge in [-0.05, 0) is 41.8 Å². The number of aryl methyl sites for hydroxylation is 1. The number of hydrogen-bond donors (Lipinski definition) is 1. The van der Waals surface area contributed by atoms with E-state index in [0.717, 1.165) is 11.1 Å². The molecule has 0 amide bonds. The minimum absolute atomic E-state index is 0.151. The number of Topliss-reactive ketones (excluding diaryl/α,β-unsaturated/α-hetero) is 1. The lowest BCUT2D eigenvalue weighted by Gasteiger charge is -2.19. The smallest absolute Gasteiger partial charge is 0.313 e. The van der Waals surface area contributed by atoms with E-state index >= 15 is 0 Å². The molecular weight excluding hydrogens is 440 g/mol. The van der Waals surface area contributed by atoms with Gasteiger partial charge in [-0.3, -0.25) is 9.59 Å². The minimum atomic E-state index is -0.751. The van der Waals surface area contributed by atoms with Crippen LogP contribution in [0.5, 0.6) is 0 Å². The Kier molecular flexibility index (Phi) is 8.19. The standard InChI is InChI=1S/C26H25F2N3O3/c1-17(2)26(33)34-24(23(32)16-29)15-25-30-12-14-31(25)13-11-22(18-3-7-20(27)8-4-18)19-5-9-21(28)10-6-19/h3-10,12,14-17,22,29H,11,13H2,1-2H3/b24-15-,29-16?. The average molecular weight is 466 g/mol. The molecule has 0 aliphatic carbocycles. The zero-order valence-corrected chi connectivity index (χ0v) is 18.9. The third kappa shape index (κ3) is 6.31. The lowest BCUT2D eigenvalue weighted by Crippen LogP contribution is -2.17. The van der Waals surface area contributed by atoms with Gasteiger partial charge in [-0.1, -0.05) is 38.1 Å². The van der Waals surface area contributed by atoms with E-state index < -0.39 is 17.7 Å². The number of rotatable bonds is 10. The molecule has 0 unspecified atom stereocenters. The van der Waals surface area contributed by atoms with Gasteiger partial charge < -0.3 is 14.7 Å². The van der Waals surface area contributed by atoms with E-state index in [2.05, 4.69) is 4.98 Å². The Morgan fingerprint density at radius 2 is 1.59 bits per heavy atom. The second kappa shape index (κ2) is 11.3. The summed E-state index contributed by atoms with van der Waals surface area (Å²) >= 11 is 0. The highest BCUT2D eigenvalue weighted by molar-refractivity contribution is 6.34. The van der Waals surface area contributed by atoms with Crippen LogP contribution in [0.4, 0.5) is 8.78 Å². The summed E-state index contributed by atoms with van der Waals surface area (Å²) in [4.78, 5) is 28.3. The van der Waals surface area contributed by atoms with Crippen molar-refractivity contribution in [1.29, 1.82) is 5.41 Å². The van der Waals surface area contributed by atoms with Crippen molar-refractivity contribution < 1.29 is 23.1 Å². The van der Waals surface area contributed by atoms with Crippen molar-refractivity contribution >= 4 is 24.0 Å². The summed E-state index contributed by atoms with van der Waals surface area (Å²) < 4.78 is 33.9. The Balaban J connectivity index is 1.87. The first-order chi connectivity index (χ1) is 16.3. The maximum Gasteiger partial charge on any atom is 0.313 e. The molecule has 0 bridgehead atoms. The van der Waals surface area contributed by atoms with Crippen LogP contribution >= 0.6 is 0 Å². The van der Waals surface area contributed by atoms with Crippen LogP contribution in [-0.2, 0) is 20.9 Å². The molecule has 176 valence electrons. The van der Waals surface area contributed by atoms with Crippen LogP contribution in [0.15, 0.2) is 66.7 Å². The fourth-order valence-electron chi connectivity index (χ4n) is 3.40. The van der Waals surface area contributed by atoms with Gasteiger partial charge >= 0.3 is 5.97 Å². The Morgan fingerprint density at radius 1 is 1.03 bits per heavy atom. The molecule has 0 aliphatic heterocycles. The molecule has 0 atom stereocenters. The number of carbonyl (C=O) groups excluding carboxylic acids is 2. The maximum atomic E-state index is 13.5. The number of nitrogens with one attached hydrogen (secondary N) is 1. The van der Waals surface area contributed by atoms with Crippen LogP contribution in [0.25, 0.3) is 6.08 Å². The van der Waals surface area contributed by atoms with Crippen LogP contribution in [0.2, 0.25) is 0 Å². The van der Waals surface area contributed by atoms with Crippen LogP contribution < -0.4 is 0 Å². The summed E-state index contributed by atoms with van der Waals surface area (Å²) in [7, 11) is 0. The van der Waals surface area contributed by atoms with Crippen molar-refractivity contribution in [1.82, 2.24) is 9.55 Å². The van der Waals surface area contributed by atoms with Gasteiger partial charge in [-0.2, -0.15) is 0 Å². The number of carbonyl (C=O) groups is 2. The average Bonchev–Trinajstić information content (AvgIpc) is 3.27. The molecule has 0 radical (unpaired) electrons. The number of benzene rings is 2. The Labute approximate surface area is 196 Å². The van der Waals surface area contributed by atoms with Gasteiger partial charge in [0.2, 0.25) is 5.78 Å². The van der Waals surface area contributed by atoms with Gasteiger partial charge in [0.25, 0.3) is 0 Å². The number of allylic oxidation sites excluding steroid dienone is 1. The predicted molar refractivity (Wildman–Crippen MR) is 124 cm³/mol. The monoisotopic (exact) mass is 465 g/mol. The fraction of sp³-hybridized carbons (Fsp3) is 0.231. The Bertz CT molecular complexity index is 1140. The SMILES string of the molecule is CC(C)C(=O)O/C(=C\c1nccn1CCC(c1ccc(F)cc1)c1ccc(F)cc1)C(=O)C=N. The van der Waals surface area contributed by atoms with Gasteiger partial charge in [0.05, 0.1) is 12.1 Å². The van der Waals surface area contributed by atoms with Crippen molar-refractivity contribution in [3.8, 4) is 0 Å². The molecular formula is C26H25F2N3O3. The highest BCUT2D eigenvalue weighted by Gasteiger charge is 2.19. The van der Waals surface area contributed by atoms with Crippen molar-refractivity contribution in [2.24, 2.45) is 5.92 Å². The van der Waals surface area contributed by atoms with Gasteiger partial charge in [0.15, 0.2) is 5.76 Å². The first-order valence-electron chi connectivity index (χ1n) is 10.8. The van der Waals surface area contributed by atoms with Crippen molar-refractivity contribution in [2.75, 3.05) is 0 Å². The normalized spacial score (nSPS) is 11.6.